The Hall–Kier alpha value is -0.780. The Morgan fingerprint density at radius 3 is 2.60 bits per heavy atom. The maximum Gasteiger partial charge on any atom is 0.391 e. The molecule has 1 saturated carbocycles. The highest BCUT2D eigenvalue weighted by Crippen LogP contribution is 2.45. The zero-order valence-corrected chi connectivity index (χ0v) is 12.0. The Morgan fingerprint density at radius 1 is 1.45 bits per heavy atom. The van der Waals surface area contributed by atoms with Gasteiger partial charge in [0.2, 0.25) is 0 Å². The largest absolute Gasteiger partial charge is 0.466 e. The van der Waals surface area contributed by atoms with Gasteiger partial charge in [0.15, 0.2) is 0 Å². The van der Waals surface area contributed by atoms with E-state index in [1.54, 1.807) is 6.92 Å². The summed E-state index contributed by atoms with van der Waals surface area (Å²) in [5.41, 5.74) is -1.60. The van der Waals surface area contributed by atoms with Crippen LogP contribution >= 0.6 is 0 Å². The molecule has 1 fully saturated rings. The van der Waals surface area contributed by atoms with E-state index >= 15 is 0 Å². The van der Waals surface area contributed by atoms with Gasteiger partial charge in [0.25, 0.3) is 0 Å². The molecule has 6 heteroatoms. The summed E-state index contributed by atoms with van der Waals surface area (Å²) in [6.45, 7) is 3.64. The molecule has 0 amide bonds. The topological polar surface area (TPSA) is 46.5 Å². The summed E-state index contributed by atoms with van der Waals surface area (Å²) >= 11 is 0. The van der Waals surface area contributed by atoms with Gasteiger partial charge in [0.05, 0.1) is 24.0 Å². The minimum Gasteiger partial charge on any atom is -0.466 e. The van der Waals surface area contributed by atoms with Gasteiger partial charge in [-0.15, -0.1) is 0 Å². The quantitative estimate of drug-likeness (QED) is 0.790. The van der Waals surface area contributed by atoms with E-state index in [2.05, 4.69) is 0 Å². The summed E-state index contributed by atoms with van der Waals surface area (Å²) in [6, 6.07) is 0. The standard InChI is InChI=1S/C14H23F3O3/c1-3-6-11(12(18)20-4-2)13(19)8-5-7-10(9-13)14(15,16)17/h10-11,19H,3-9H2,1-2H3. The molecule has 0 aliphatic heterocycles. The van der Waals surface area contributed by atoms with Crippen LogP contribution in [0.3, 0.4) is 0 Å². The second kappa shape index (κ2) is 6.78. The fourth-order valence-corrected chi connectivity index (χ4v) is 3.02. The molecule has 1 aliphatic rings. The maximum atomic E-state index is 12.9. The smallest absolute Gasteiger partial charge is 0.391 e. The molecular weight excluding hydrogens is 273 g/mol. The first-order chi connectivity index (χ1) is 9.24. The van der Waals surface area contributed by atoms with Crippen molar-refractivity contribution in [1.82, 2.24) is 0 Å². The lowest BCUT2D eigenvalue weighted by Crippen LogP contribution is -2.49. The molecule has 0 bridgehead atoms. The van der Waals surface area contributed by atoms with E-state index < -0.39 is 36.0 Å². The van der Waals surface area contributed by atoms with Gasteiger partial charge < -0.3 is 9.84 Å². The Labute approximate surface area is 117 Å². The minimum atomic E-state index is -4.32. The van der Waals surface area contributed by atoms with E-state index in [1.807, 2.05) is 6.92 Å². The predicted octanol–water partition coefficient (Wildman–Crippen LogP) is 3.45. The van der Waals surface area contributed by atoms with Gasteiger partial charge in [-0.1, -0.05) is 13.3 Å². The van der Waals surface area contributed by atoms with E-state index in [4.69, 9.17) is 4.74 Å². The van der Waals surface area contributed by atoms with Crippen LogP contribution in [-0.2, 0) is 9.53 Å². The van der Waals surface area contributed by atoms with Crippen LogP contribution in [0.2, 0.25) is 0 Å². The first-order valence-corrected chi connectivity index (χ1v) is 7.20. The average Bonchev–Trinajstić information content (AvgIpc) is 2.35. The molecule has 3 unspecified atom stereocenters. The van der Waals surface area contributed by atoms with Crippen LogP contribution < -0.4 is 0 Å². The summed E-state index contributed by atoms with van der Waals surface area (Å²) in [7, 11) is 0. The molecule has 118 valence electrons. The van der Waals surface area contributed by atoms with Crippen LogP contribution in [0.15, 0.2) is 0 Å². The fourth-order valence-electron chi connectivity index (χ4n) is 3.02. The molecule has 0 heterocycles. The van der Waals surface area contributed by atoms with Crippen molar-refractivity contribution in [3.05, 3.63) is 0 Å². The normalized spacial score (nSPS) is 29.0. The molecule has 0 radical (unpaired) electrons. The number of esters is 1. The zero-order chi connectivity index (χ0) is 15.4. The molecule has 0 aromatic heterocycles. The van der Waals surface area contributed by atoms with E-state index in [-0.39, 0.29) is 25.9 Å². The van der Waals surface area contributed by atoms with Crippen molar-refractivity contribution in [2.24, 2.45) is 11.8 Å². The number of carbonyl (C=O) groups excluding carboxylic acids is 1. The van der Waals surface area contributed by atoms with Gasteiger partial charge in [-0.2, -0.15) is 13.2 Å². The lowest BCUT2D eigenvalue weighted by atomic mass is 9.70. The van der Waals surface area contributed by atoms with Gasteiger partial charge in [-0.05, 0) is 39.0 Å². The van der Waals surface area contributed by atoms with Gasteiger partial charge in [-0.3, -0.25) is 4.79 Å². The van der Waals surface area contributed by atoms with Crippen molar-refractivity contribution in [2.45, 2.75) is 64.1 Å². The van der Waals surface area contributed by atoms with E-state index in [0.29, 0.717) is 12.8 Å². The van der Waals surface area contributed by atoms with Crippen molar-refractivity contribution in [2.75, 3.05) is 6.61 Å². The minimum absolute atomic E-state index is 0.0213. The van der Waals surface area contributed by atoms with Crippen molar-refractivity contribution in [3.63, 3.8) is 0 Å². The number of rotatable bonds is 5. The highest BCUT2D eigenvalue weighted by Gasteiger charge is 2.51. The summed E-state index contributed by atoms with van der Waals surface area (Å²) < 4.78 is 43.5. The van der Waals surface area contributed by atoms with Crippen LogP contribution in [0.1, 0.15) is 52.4 Å². The zero-order valence-electron chi connectivity index (χ0n) is 12.0. The fraction of sp³-hybridized carbons (Fsp3) is 0.929. The molecule has 1 N–H and O–H groups in total. The number of aliphatic hydroxyl groups is 1. The van der Waals surface area contributed by atoms with Gasteiger partial charge in [0, 0.05) is 0 Å². The Balaban J connectivity index is 2.89. The summed E-state index contributed by atoms with van der Waals surface area (Å²) in [5, 5.41) is 10.6. The molecule has 0 saturated heterocycles. The highest BCUT2D eigenvalue weighted by atomic mass is 19.4. The number of halogens is 3. The summed E-state index contributed by atoms with van der Waals surface area (Å²) in [5.74, 6) is -2.98. The number of alkyl halides is 3. The molecular formula is C14H23F3O3. The van der Waals surface area contributed by atoms with Crippen molar-refractivity contribution in [3.8, 4) is 0 Å². The monoisotopic (exact) mass is 296 g/mol. The molecule has 1 rings (SSSR count). The second-order valence-electron chi connectivity index (χ2n) is 5.53. The lowest BCUT2D eigenvalue weighted by molar-refractivity contribution is -0.210. The second-order valence-corrected chi connectivity index (χ2v) is 5.53. The third-order valence-electron chi connectivity index (χ3n) is 4.02. The number of hydrogen-bond donors (Lipinski definition) is 1. The first kappa shape index (κ1) is 17.3. The molecule has 20 heavy (non-hydrogen) atoms. The number of ether oxygens (including phenoxy) is 1. The summed E-state index contributed by atoms with van der Waals surface area (Å²) in [6.07, 6.45) is -3.24. The predicted molar refractivity (Wildman–Crippen MR) is 68.0 cm³/mol. The Morgan fingerprint density at radius 2 is 2.10 bits per heavy atom. The van der Waals surface area contributed by atoms with Crippen LogP contribution in [0.5, 0.6) is 0 Å². The van der Waals surface area contributed by atoms with E-state index in [0.717, 1.165) is 0 Å². The van der Waals surface area contributed by atoms with Gasteiger partial charge in [0.1, 0.15) is 0 Å². The number of carbonyl (C=O) groups is 1. The summed E-state index contributed by atoms with van der Waals surface area (Å²) in [4.78, 5) is 11.9. The van der Waals surface area contributed by atoms with Crippen molar-refractivity contribution >= 4 is 5.97 Å². The Kier molecular flexibility index (Phi) is 5.86. The highest BCUT2D eigenvalue weighted by molar-refractivity contribution is 5.73. The molecule has 0 aromatic rings. The van der Waals surface area contributed by atoms with Crippen LogP contribution in [0.4, 0.5) is 13.2 Å². The van der Waals surface area contributed by atoms with E-state index in [1.165, 1.54) is 0 Å². The average molecular weight is 296 g/mol. The van der Waals surface area contributed by atoms with Crippen LogP contribution in [0, 0.1) is 11.8 Å². The van der Waals surface area contributed by atoms with Crippen molar-refractivity contribution < 1.29 is 27.8 Å². The molecule has 0 spiro atoms. The molecule has 0 aromatic carbocycles. The third kappa shape index (κ3) is 4.11. The lowest BCUT2D eigenvalue weighted by Gasteiger charge is -2.41. The van der Waals surface area contributed by atoms with E-state index in [9.17, 15) is 23.1 Å². The van der Waals surface area contributed by atoms with Gasteiger partial charge in [-0.25, -0.2) is 0 Å². The van der Waals surface area contributed by atoms with Gasteiger partial charge >= 0.3 is 12.1 Å². The SMILES string of the molecule is CCCC(C(=O)OCC)C1(O)CCCC(C(F)(F)F)C1. The van der Waals surface area contributed by atoms with Crippen molar-refractivity contribution in [1.29, 1.82) is 0 Å². The molecule has 3 nitrogen and oxygen atoms in total. The Bertz CT molecular complexity index is 330. The first-order valence-electron chi connectivity index (χ1n) is 7.20. The maximum absolute atomic E-state index is 12.9. The van der Waals surface area contributed by atoms with Crippen LogP contribution in [-0.4, -0.2) is 29.5 Å². The molecule has 1 aliphatic carbocycles. The third-order valence-corrected chi connectivity index (χ3v) is 4.02. The number of hydrogen-bond acceptors (Lipinski definition) is 3. The van der Waals surface area contributed by atoms with Crippen LogP contribution in [0.25, 0.3) is 0 Å². The molecule has 3 atom stereocenters.